The lowest BCUT2D eigenvalue weighted by atomic mass is 10.2. The molecule has 4 rings (SSSR count). The monoisotopic (exact) mass is 291 g/mol. The fourth-order valence-electron chi connectivity index (χ4n) is 2.72. The van der Waals surface area contributed by atoms with Crippen LogP contribution >= 0.6 is 11.3 Å². The van der Waals surface area contributed by atoms with Crippen molar-refractivity contribution in [2.75, 3.05) is 13.1 Å². The van der Waals surface area contributed by atoms with Crippen molar-refractivity contribution in [1.82, 2.24) is 24.7 Å². The zero-order valence-corrected chi connectivity index (χ0v) is 12.1. The molecule has 0 aromatic carbocycles. The van der Waals surface area contributed by atoms with Crippen molar-refractivity contribution in [1.29, 1.82) is 0 Å². The van der Waals surface area contributed by atoms with Gasteiger partial charge in [-0.25, -0.2) is 0 Å². The Morgan fingerprint density at radius 3 is 2.55 bits per heavy atom. The van der Waals surface area contributed by atoms with Gasteiger partial charge in [-0.2, -0.15) is 4.52 Å². The highest BCUT2D eigenvalue weighted by Gasteiger charge is 2.31. The van der Waals surface area contributed by atoms with E-state index < -0.39 is 0 Å². The van der Waals surface area contributed by atoms with E-state index in [1.165, 1.54) is 24.2 Å². The molecule has 1 amide bonds. The summed E-state index contributed by atoms with van der Waals surface area (Å²) in [6, 6.07) is 0. The van der Waals surface area contributed by atoms with Gasteiger partial charge in [-0.1, -0.05) is 24.2 Å². The summed E-state index contributed by atoms with van der Waals surface area (Å²) in [4.78, 5) is 15.2. The van der Waals surface area contributed by atoms with Gasteiger partial charge in [0.1, 0.15) is 0 Å². The SMILES string of the molecule is O=C(c1nn2c(C3CC3)nnc2s1)N1CCCCCC1. The summed E-state index contributed by atoms with van der Waals surface area (Å²) in [7, 11) is 0. The molecule has 1 saturated carbocycles. The van der Waals surface area contributed by atoms with Crippen molar-refractivity contribution in [3.8, 4) is 0 Å². The highest BCUT2D eigenvalue weighted by Crippen LogP contribution is 2.39. The molecule has 2 aromatic heterocycles. The number of aromatic nitrogens is 4. The maximum atomic E-state index is 12.5. The number of hydrogen-bond donors (Lipinski definition) is 0. The first-order valence-electron chi connectivity index (χ1n) is 7.34. The van der Waals surface area contributed by atoms with Crippen LogP contribution in [0.5, 0.6) is 0 Å². The number of fused-ring (bicyclic) bond motifs is 1. The van der Waals surface area contributed by atoms with Gasteiger partial charge in [0, 0.05) is 19.0 Å². The van der Waals surface area contributed by atoms with E-state index in [4.69, 9.17) is 0 Å². The van der Waals surface area contributed by atoms with Crippen LogP contribution in [0.4, 0.5) is 0 Å². The molecule has 0 N–H and O–H groups in total. The Kier molecular flexibility index (Phi) is 2.94. The second-order valence-electron chi connectivity index (χ2n) is 5.64. The zero-order chi connectivity index (χ0) is 13.5. The van der Waals surface area contributed by atoms with Crippen molar-refractivity contribution in [3.63, 3.8) is 0 Å². The van der Waals surface area contributed by atoms with E-state index in [9.17, 15) is 4.79 Å². The minimum absolute atomic E-state index is 0.0594. The number of hydrogen-bond acceptors (Lipinski definition) is 5. The molecule has 1 saturated heterocycles. The molecule has 1 aliphatic carbocycles. The summed E-state index contributed by atoms with van der Waals surface area (Å²) in [5.74, 6) is 1.48. The molecule has 2 fully saturated rings. The Labute approximate surface area is 120 Å². The maximum absolute atomic E-state index is 12.5. The highest BCUT2D eigenvalue weighted by atomic mass is 32.1. The van der Waals surface area contributed by atoms with Gasteiger partial charge < -0.3 is 4.90 Å². The average Bonchev–Trinajstić information content (AvgIpc) is 3.15. The Morgan fingerprint density at radius 1 is 1.10 bits per heavy atom. The van der Waals surface area contributed by atoms with E-state index in [0.717, 1.165) is 49.6 Å². The van der Waals surface area contributed by atoms with Gasteiger partial charge in [-0.05, 0) is 25.7 Å². The molecule has 1 aliphatic heterocycles. The van der Waals surface area contributed by atoms with E-state index in [1.54, 1.807) is 4.52 Å². The summed E-state index contributed by atoms with van der Waals surface area (Å²) < 4.78 is 1.77. The minimum Gasteiger partial charge on any atom is -0.337 e. The van der Waals surface area contributed by atoms with Crippen LogP contribution in [0.2, 0.25) is 0 Å². The number of nitrogens with zero attached hydrogens (tertiary/aromatic N) is 5. The molecule has 6 nitrogen and oxygen atoms in total. The average molecular weight is 291 g/mol. The lowest BCUT2D eigenvalue weighted by molar-refractivity contribution is 0.0760. The van der Waals surface area contributed by atoms with Crippen LogP contribution in [0.3, 0.4) is 0 Å². The molecular weight excluding hydrogens is 274 g/mol. The summed E-state index contributed by atoms with van der Waals surface area (Å²) in [5.41, 5.74) is 0. The highest BCUT2D eigenvalue weighted by molar-refractivity contribution is 7.18. The molecular formula is C13H17N5OS. The normalized spacial score (nSPS) is 20.3. The van der Waals surface area contributed by atoms with Gasteiger partial charge in [-0.3, -0.25) is 4.79 Å². The standard InChI is InChI=1S/C13H17N5OS/c19-12(17-7-3-1-2-4-8-17)11-16-18-10(9-5-6-9)14-15-13(18)20-11/h9H,1-8H2. The molecule has 2 aliphatic rings. The third-order valence-electron chi connectivity index (χ3n) is 4.03. The van der Waals surface area contributed by atoms with Crippen molar-refractivity contribution in [3.05, 3.63) is 10.8 Å². The summed E-state index contributed by atoms with van der Waals surface area (Å²) in [5, 5.41) is 13.3. The topological polar surface area (TPSA) is 63.4 Å². The van der Waals surface area contributed by atoms with Crippen molar-refractivity contribution < 1.29 is 4.79 Å². The van der Waals surface area contributed by atoms with E-state index in [0.29, 0.717) is 10.9 Å². The molecule has 0 bridgehead atoms. The second-order valence-corrected chi connectivity index (χ2v) is 6.60. The first-order valence-corrected chi connectivity index (χ1v) is 8.16. The van der Waals surface area contributed by atoms with E-state index in [2.05, 4.69) is 15.3 Å². The molecule has 0 unspecified atom stereocenters. The fourth-order valence-corrected chi connectivity index (χ4v) is 3.54. The van der Waals surface area contributed by atoms with Crippen LogP contribution in [0.15, 0.2) is 0 Å². The Balaban J connectivity index is 1.62. The van der Waals surface area contributed by atoms with Crippen LogP contribution in [-0.4, -0.2) is 43.7 Å². The van der Waals surface area contributed by atoms with Gasteiger partial charge in [0.15, 0.2) is 5.82 Å². The first-order chi connectivity index (χ1) is 9.83. The quantitative estimate of drug-likeness (QED) is 0.850. The number of rotatable bonds is 2. The predicted octanol–water partition coefficient (Wildman–Crippen LogP) is 2.08. The maximum Gasteiger partial charge on any atom is 0.284 e. The van der Waals surface area contributed by atoms with E-state index in [1.807, 2.05) is 4.90 Å². The van der Waals surface area contributed by atoms with E-state index >= 15 is 0 Å². The second kappa shape index (κ2) is 4.80. The molecule has 2 aromatic rings. The molecule has 106 valence electrons. The van der Waals surface area contributed by atoms with Gasteiger partial charge in [0.2, 0.25) is 9.97 Å². The summed E-state index contributed by atoms with van der Waals surface area (Å²) >= 11 is 1.36. The third kappa shape index (κ3) is 2.09. The molecule has 0 radical (unpaired) electrons. The number of carbonyl (C=O) groups excluding carboxylic acids is 1. The molecule has 0 atom stereocenters. The smallest absolute Gasteiger partial charge is 0.284 e. The first kappa shape index (κ1) is 12.3. The molecule has 20 heavy (non-hydrogen) atoms. The largest absolute Gasteiger partial charge is 0.337 e. The molecule has 7 heteroatoms. The molecule has 0 spiro atoms. The minimum atomic E-state index is 0.0594. The lowest BCUT2D eigenvalue weighted by Crippen LogP contribution is -2.31. The number of carbonyl (C=O) groups is 1. The number of amides is 1. The van der Waals surface area contributed by atoms with Crippen LogP contribution in [0.1, 0.15) is 60.1 Å². The summed E-state index contributed by atoms with van der Waals surface area (Å²) in [6.45, 7) is 1.71. The van der Waals surface area contributed by atoms with Crippen LogP contribution in [0.25, 0.3) is 4.96 Å². The predicted molar refractivity (Wildman–Crippen MR) is 75.0 cm³/mol. The van der Waals surface area contributed by atoms with E-state index in [-0.39, 0.29) is 5.91 Å². The Bertz CT molecular complexity index is 636. The van der Waals surface area contributed by atoms with Crippen LogP contribution in [0, 0.1) is 0 Å². The van der Waals surface area contributed by atoms with Crippen LogP contribution in [-0.2, 0) is 0 Å². The van der Waals surface area contributed by atoms with Gasteiger partial charge in [0.25, 0.3) is 5.91 Å². The van der Waals surface area contributed by atoms with Gasteiger partial charge >= 0.3 is 0 Å². The zero-order valence-electron chi connectivity index (χ0n) is 11.3. The van der Waals surface area contributed by atoms with Crippen molar-refractivity contribution in [2.24, 2.45) is 0 Å². The van der Waals surface area contributed by atoms with Crippen LogP contribution < -0.4 is 0 Å². The third-order valence-corrected chi connectivity index (χ3v) is 4.92. The lowest BCUT2D eigenvalue weighted by Gasteiger charge is -2.18. The van der Waals surface area contributed by atoms with Crippen molar-refractivity contribution >= 4 is 22.2 Å². The number of likely N-dealkylation sites (tertiary alicyclic amines) is 1. The summed E-state index contributed by atoms with van der Waals surface area (Å²) in [6.07, 6.45) is 6.97. The fraction of sp³-hybridized carbons (Fsp3) is 0.692. The van der Waals surface area contributed by atoms with Crippen molar-refractivity contribution in [2.45, 2.75) is 44.4 Å². The molecule has 3 heterocycles. The van der Waals surface area contributed by atoms with Gasteiger partial charge in [0.05, 0.1) is 0 Å². The Hall–Kier alpha value is -1.50. The Morgan fingerprint density at radius 2 is 1.85 bits per heavy atom. The van der Waals surface area contributed by atoms with Gasteiger partial charge in [-0.15, -0.1) is 15.3 Å².